The zero-order valence-electron chi connectivity index (χ0n) is 15.7. The van der Waals surface area contributed by atoms with Crippen LogP contribution in [0.15, 0.2) is 24.3 Å². The summed E-state index contributed by atoms with van der Waals surface area (Å²) in [6, 6.07) is 4.49. The van der Waals surface area contributed by atoms with Crippen molar-refractivity contribution in [3.63, 3.8) is 0 Å². The number of amides is 2. The average Bonchev–Trinajstić information content (AvgIpc) is 2.57. The van der Waals surface area contributed by atoms with Gasteiger partial charge < -0.3 is 20.1 Å². The molecule has 0 radical (unpaired) electrons. The number of nitrogens with one attached hydrogen (secondary N) is 2. The molecule has 0 aliphatic carbocycles. The number of alkyl halides is 2. The van der Waals surface area contributed by atoms with E-state index in [0.717, 1.165) is 0 Å². The molecule has 0 aromatic heterocycles. The number of rotatable bonds is 7. The van der Waals surface area contributed by atoms with Crippen LogP contribution in [0.4, 0.5) is 13.6 Å². The van der Waals surface area contributed by atoms with Gasteiger partial charge in [-0.15, -0.1) is 0 Å². The van der Waals surface area contributed by atoms with Crippen LogP contribution in [0.25, 0.3) is 0 Å². The standard InChI is InChI=1S/C18H24F2N2O5/c1-18(2,3)27-17(25)21-10-14(23)22-13(9-15(24)26-4)11-6-5-7-12(8-11)16(19)20/h5-8,13,16H,9-10H2,1-4H3,(H,21,25)(H,22,23)/t13-/m0/s1. The second-order valence-corrected chi connectivity index (χ2v) is 6.73. The van der Waals surface area contributed by atoms with Crippen LogP contribution < -0.4 is 10.6 Å². The van der Waals surface area contributed by atoms with Crippen molar-refractivity contribution in [3.05, 3.63) is 35.4 Å². The quantitative estimate of drug-likeness (QED) is 0.703. The van der Waals surface area contributed by atoms with Crippen molar-refractivity contribution in [2.75, 3.05) is 13.7 Å². The fourth-order valence-electron chi connectivity index (χ4n) is 2.13. The summed E-state index contributed by atoms with van der Waals surface area (Å²) in [6.45, 7) is 4.63. The van der Waals surface area contributed by atoms with Crippen molar-refractivity contribution in [3.8, 4) is 0 Å². The number of carbonyl (C=O) groups excluding carboxylic acids is 3. The smallest absolute Gasteiger partial charge is 0.408 e. The first-order chi connectivity index (χ1) is 12.5. The highest BCUT2D eigenvalue weighted by molar-refractivity contribution is 5.83. The largest absolute Gasteiger partial charge is 0.469 e. The second-order valence-electron chi connectivity index (χ2n) is 6.73. The molecule has 1 aromatic carbocycles. The maximum atomic E-state index is 12.9. The molecule has 27 heavy (non-hydrogen) atoms. The molecule has 1 rings (SSSR count). The van der Waals surface area contributed by atoms with Gasteiger partial charge in [-0.25, -0.2) is 13.6 Å². The van der Waals surface area contributed by atoms with E-state index in [1.54, 1.807) is 20.8 Å². The highest BCUT2D eigenvalue weighted by Gasteiger charge is 2.22. The van der Waals surface area contributed by atoms with Gasteiger partial charge in [-0.1, -0.05) is 18.2 Å². The maximum absolute atomic E-state index is 12.9. The highest BCUT2D eigenvalue weighted by atomic mass is 19.3. The molecule has 0 fully saturated rings. The number of methoxy groups -OCH3 is 1. The van der Waals surface area contributed by atoms with Crippen LogP contribution in [-0.4, -0.2) is 37.2 Å². The molecule has 0 aliphatic heterocycles. The number of alkyl carbamates (subject to hydrolysis) is 1. The summed E-state index contributed by atoms with van der Waals surface area (Å²) in [4.78, 5) is 35.3. The molecule has 150 valence electrons. The van der Waals surface area contributed by atoms with Gasteiger partial charge in [-0.3, -0.25) is 9.59 Å². The van der Waals surface area contributed by atoms with Crippen LogP contribution in [0, 0.1) is 0 Å². The fourth-order valence-corrected chi connectivity index (χ4v) is 2.13. The van der Waals surface area contributed by atoms with Crippen LogP contribution in [0.5, 0.6) is 0 Å². The van der Waals surface area contributed by atoms with Crippen molar-refractivity contribution in [1.29, 1.82) is 0 Å². The van der Waals surface area contributed by atoms with Crippen molar-refractivity contribution < 1.29 is 32.6 Å². The van der Waals surface area contributed by atoms with E-state index in [-0.39, 0.29) is 12.0 Å². The molecule has 9 heteroatoms. The van der Waals surface area contributed by atoms with Crippen molar-refractivity contribution in [1.82, 2.24) is 10.6 Å². The third kappa shape index (κ3) is 8.48. The Balaban J connectivity index is 2.80. The molecule has 1 aromatic rings. The van der Waals surface area contributed by atoms with Crippen LogP contribution >= 0.6 is 0 Å². The van der Waals surface area contributed by atoms with Gasteiger partial charge in [0.25, 0.3) is 6.43 Å². The Hall–Kier alpha value is -2.71. The van der Waals surface area contributed by atoms with Crippen LogP contribution in [-0.2, 0) is 19.1 Å². The Morgan fingerprint density at radius 3 is 2.33 bits per heavy atom. The van der Waals surface area contributed by atoms with E-state index in [2.05, 4.69) is 15.4 Å². The first kappa shape index (κ1) is 22.3. The van der Waals surface area contributed by atoms with Gasteiger partial charge in [0.1, 0.15) is 12.1 Å². The SMILES string of the molecule is COC(=O)C[C@H](NC(=O)CNC(=O)OC(C)(C)C)c1cccc(C(F)F)c1. The Bertz CT molecular complexity index is 674. The van der Waals surface area contributed by atoms with Gasteiger partial charge in [0.2, 0.25) is 5.91 Å². The molecular formula is C18H24F2N2O5. The number of halogens is 2. The molecule has 2 amide bonds. The molecule has 0 saturated heterocycles. The van der Waals surface area contributed by atoms with E-state index in [1.807, 2.05) is 0 Å². The summed E-state index contributed by atoms with van der Waals surface area (Å²) in [6.07, 6.45) is -3.71. The maximum Gasteiger partial charge on any atom is 0.408 e. The summed E-state index contributed by atoms with van der Waals surface area (Å²) < 4.78 is 35.4. The number of carbonyl (C=O) groups is 3. The Morgan fingerprint density at radius 1 is 1.15 bits per heavy atom. The number of hydrogen-bond acceptors (Lipinski definition) is 5. The topological polar surface area (TPSA) is 93.7 Å². The lowest BCUT2D eigenvalue weighted by atomic mass is 10.0. The molecule has 0 aliphatic rings. The summed E-state index contributed by atoms with van der Waals surface area (Å²) in [5.74, 6) is -1.24. The molecule has 0 unspecified atom stereocenters. The molecule has 0 bridgehead atoms. The molecule has 0 saturated carbocycles. The highest BCUT2D eigenvalue weighted by Crippen LogP contribution is 2.24. The summed E-state index contributed by atoms with van der Waals surface area (Å²) in [7, 11) is 1.18. The predicted molar refractivity (Wildman–Crippen MR) is 93.2 cm³/mol. The normalized spacial score (nSPS) is 12.3. The number of esters is 1. The molecule has 2 N–H and O–H groups in total. The lowest BCUT2D eigenvalue weighted by Crippen LogP contribution is -2.41. The molecule has 0 spiro atoms. The molecular weight excluding hydrogens is 362 g/mol. The lowest BCUT2D eigenvalue weighted by Gasteiger charge is -2.21. The Kier molecular flexibility index (Phi) is 8.14. The first-order valence-electron chi connectivity index (χ1n) is 8.23. The van der Waals surface area contributed by atoms with Gasteiger partial charge in [0, 0.05) is 5.56 Å². The van der Waals surface area contributed by atoms with Crippen LogP contribution in [0.2, 0.25) is 0 Å². The lowest BCUT2D eigenvalue weighted by molar-refractivity contribution is -0.141. The van der Waals surface area contributed by atoms with Crippen molar-refractivity contribution in [2.45, 2.75) is 45.3 Å². The van der Waals surface area contributed by atoms with Gasteiger partial charge >= 0.3 is 12.1 Å². The predicted octanol–water partition coefficient (Wildman–Crippen LogP) is 2.87. The van der Waals surface area contributed by atoms with Crippen molar-refractivity contribution >= 4 is 18.0 Å². The van der Waals surface area contributed by atoms with E-state index >= 15 is 0 Å². The van der Waals surface area contributed by atoms with E-state index in [9.17, 15) is 23.2 Å². The zero-order valence-corrected chi connectivity index (χ0v) is 15.7. The number of benzene rings is 1. The fraction of sp³-hybridized carbons (Fsp3) is 0.500. The Morgan fingerprint density at radius 2 is 1.78 bits per heavy atom. The third-order valence-corrected chi connectivity index (χ3v) is 3.29. The average molecular weight is 386 g/mol. The van der Waals surface area contributed by atoms with E-state index < -0.39 is 42.6 Å². The zero-order chi connectivity index (χ0) is 20.6. The van der Waals surface area contributed by atoms with E-state index in [0.29, 0.717) is 5.56 Å². The first-order valence-corrected chi connectivity index (χ1v) is 8.23. The van der Waals surface area contributed by atoms with Crippen LogP contribution in [0.3, 0.4) is 0 Å². The van der Waals surface area contributed by atoms with Crippen LogP contribution in [0.1, 0.15) is 50.8 Å². The minimum atomic E-state index is -2.69. The molecule has 1 atom stereocenters. The third-order valence-electron chi connectivity index (χ3n) is 3.29. The van der Waals surface area contributed by atoms with E-state index in [1.165, 1.54) is 31.4 Å². The Labute approximate surface area is 156 Å². The van der Waals surface area contributed by atoms with Gasteiger partial charge in [0.15, 0.2) is 0 Å². The van der Waals surface area contributed by atoms with Gasteiger partial charge in [-0.2, -0.15) is 0 Å². The number of hydrogen-bond donors (Lipinski definition) is 2. The number of ether oxygens (including phenoxy) is 2. The monoisotopic (exact) mass is 386 g/mol. The summed E-state index contributed by atoms with van der Waals surface area (Å²) >= 11 is 0. The minimum absolute atomic E-state index is 0.233. The molecule has 7 nitrogen and oxygen atoms in total. The van der Waals surface area contributed by atoms with Gasteiger partial charge in [-0.05, 0) is 32.4 Å². The summed E-state index contributed by atoms with van der Waals surface area (Å²) in [5, 5.41) is 4.81. The van der Waals surface area contributed by atoms with E-state index in [4.69, 9.17) is 4.74 Å². The van der Waals surface area contributed by atoms with Crippen molar-refractivity contribution in [2.24, 2.45) is 0 Å². The van der Waals surface area contributed by atoms with Gasteiger partial charge in [0.05, 0.1) is 19.6 Å². The summed E-state index contributed by atoms with van der Waals surface area (Å²) in [5.41, 5.74) is -0.628. The molecule has 0 heterocycles. The second kappa shape index (κ2) is 9.84. The minimum Gasteiger partial charge on any atom is -0.469 e.